The molecule has 2 aromatic carbocycles. The lowest BCUT2D eigenvalue weighted by Crippen LogP contribution is -2.38. The number of hydrogen-bond acceptors (Lipinski definition) is 3. The first-order valence-electron chi connectivity index (χ1n) is 9.59. The summed E-state index contributed by atoms with van der Waals surface area (Å²) in [6.45, 7) is 3.65. The van der Waals surface area contributed by atoms with E-state index in [1.807, 2.05) is 52.3 Å². The first kappa shape index (κ1) is 18.3. The Bertz CT molecular complexity index is 853. The first-order valence-corrected chi connectivity index (χ1v) is 9.59. The van der Waals surface area contributed by atoms with Gasteiger partial charge in [-0.1, -0.05) is 30.3 Å². The molecule has 3 atom stereocenters. The van der Waals surface area contributed by atoms with E-state index < -0.39 is 0 Å². The smallest absolute Gasteiger partial charge is 0.321 e. The molecule has 2 saturated heterocycles. The molecule has 28 heavy (non-hydrogen) atoms. The quantitative estimate of drug-likeness (QED) is 0.889. The van der Waals surface area contributed by atoms with Gasteiger partial charge in [0.05, 0.1) is 13.2 Å². The van der Waals surface area contributed by atoms with E-state index in [2.05, 4.69) is 17.4 Å². The van der Waals surface area contributed by atoms with Crippen LogP contribution in [0.1, 0.15) is 18.5 Å². The van der Waals surface area contributed by atoms with Gasteiger partial charge < -0.3 is 19.9 Å². The molecule has 0 spiro atoms. The van der Waals surface area contributed by atoms with Crippen molar-refractivity contribution in [2.75, 3.05) is 32.1 Å². The third kappa shape index (κ3) is 3.42. The van der Waals surface area contributed by atoms with Crippen LogP contribution in [0.4, 0.5) is 10.5 Å². The lowest BCUT2D eigenvalue weighted by atomic mass is 9.89. The highest BCUT2D eigenvalue weighted by Crippen LogP contribution is 2.45. The van der Waals surface area contributed by atoms with Crippen LogP contribution in [-0.2, 0) is 4.79 Å². The van der Waals surface area contributed by atoms with E-state index in [4.69, 9.17) is 4.74 Å². The Morgan fingerprint density at radius 1 is 1.00 bits per heavy atom. The molecule has 0 saturated carbocycles. The second-order valence-electron chi connectivity index (χ2n) is 7.51. The molecule has 0 aliphatic carbocycles. The van der Waals surface area contributed by atoms with Gasteiger partial charge in [-0.2, -0.15) is 0 Å². The number of ether oxygens (including phenoxy) is 1. The van der Waals surface area contributed by atoms with Gasteiger partial charge in [-0.25, -0.2) is 4.79 Å². The standard InChI is InChI=1S/C22H25N3O3/c1-15(26)25-13-17-12-24(14-20(17)21(25)16-6-4-3-5-7-16)22(27)23-18-8-10-19(28-2)11-9-18/h3-11,17,20-21H,12-14H2,1-2H3,(H,23,27)/t17-,20-,21+/m1/s1. The number of urea groups is 1. The topological polar surface area (TPSA) is 61.9 Å². The summed E-state index contributed by atoms with van der Waals surface area (Å²) in [7, 11) is 1.62. The number of nitrogens with one attached hydrogen (secondary N) is 1. The molecular formula is C22H25N3O3. The number of hydrogen-bond donors (Lipinski definition) is 1. The Morgan fingerprint density at radius 2 is 1.71 bits per heavy atom. The Balaban J connectivity index is 1.47. The molecule has 2 aliphatic heterocycles. The fourth-order valence-electron chi connectivity index (χ4n) is 4.49. The van der Waals surface area contributed by atoms with Crippen LogP contribution in [0.2, 0.25) is 0 Å². The molecule has 6 nitrogen and oxygen atoms in total. The predicted octanol–water partition coefficient (Wildman–Crippen LogP) is 3.38. The summed E-state index contributed by atoms with van der Waals surface area (Å²) in [4.78, 5) is 28.8. The van der Waals surface area contributed by atoms with Crippen LogP contribution < -0.4 is 10.1 Å². The van der Waals surface area contributed by atoms with Crippen molar-refractivity contribution in [1.82, 2.24) is 9.80 Å². The third-order valence-electron chi connectivity index (χ3n) is 5.84. The van der Waals surface area contributed by atoms with Crippen LogP contribution in [0.15, 0.2) is 54.6 Å². The van der Waals surface area contributed by atoms with Gasteiger partial charge in [-0.15, -0.1) is 0 Å². The van der Waals surface area contributed by atoms with Crippen molar-refractivity contribution in [1.29, 1.82) is 0 Å². The van der Waals surface area contributed by atoms with E-state index in [0.717, 1.165) is 17.0 Å². The number of methoxy groups -OCH3 is 1. The van der Waals surface area contributed by atoms with E-state index in [1.54, 1.807) is 14.0 Å². The number of carbonyl (C=O) groups excluding carboxylic acids is 2. The Kier molecular flexibility index (Phi) is 4.94. The average Bonchev–Trinajstić information content (AvgIpc) is 3.27. The first-order chi connectivity index (χ1) is 13.6. The van der Waals surface area contributed by atoms with E-state index >= 15 is 0 Å². The molecule has 4 rings (SSSR count). The highest BCUT2D eigenvalue weighted by Gasteiger charge is 2.49. The van der Waals surface area contributed by atoms with Crippen molar-refractivity contribution in [2.45, 2.75) is 13.0 Å². The molecule has 2 heterocycles. The number of fused-ring (bicyclic) bond motifs is 1. The van der Waals surface area contributed by atoms with Crippen molar-refractivity contribution in [3.8, 4) is 5.75 Å². The molecule has 2 fully saturated rings. The second kappa shape index (κ2) is 7.54. The number of nitrogens with zero attached hydrogens (tertiary/aromatic N) is 2. The van der Waals surface area contributed by atoms with E-state index in [0.29, 0.717) is 25.6 Å². The lowest BCUT2D eigenvalue weighted by molar-refractivity contribution is -0.130. The third-order valence-corrected chi connectivity index (χ3v) is 5.84. The molecule has 0 bridgehead atoms. The number of likely N-dealkylation sites (tertiary alicyclic amines) is 2. The van der Waals surface area contributed by atoms with Crippen LogP contribution in [-0.4, -0.2) is 48.5 Å². The Hall–Kier alpha value is -3.02. The minimum Gasteiger partial charge on any atom is -0.497 e. The zero-order valence-electron chi connectivity index (χ0n) is 16.2. The predicted molar refractivity (Wildman–Crippen MR) is 107 cm³/mol. The normalized spacial score (nSPS) is 23.4. The van der Waals surface area contributed by atoms with E-state index in [1.165, 1.54) is 0 Å². The molecule has 0 radical (unpaired) electrons. The van der Waals surface area contributed by atoms with Gasteiger partial charge in [0.25, 0.3) is 0 Å². The molecule has 0 unspecified atom stereocenters. The summed E-state index contributed by atoms with van der Waals surface area (Å²) in [5.74, 6) is 1.41. The second-order valence-corrected chi connectivity index (χ2v) is 7.51. The van der Waals surface area contributed by atoms with Gasteiger partial charge in [0.1, 0.15) is 5.75 Å². The maximum Gasteiger partial charge on any atom is 0.321 e. The summed E-state index contributed by atoms with van der Waals surface area (Å²) in [6.07, 6.45) is 0. The Morgan fingerprint density at radius 3 is 2.36 bits per heavy atom. The Labute approximate surface area is 165 Å². The zero-order chi connectivity index (χ0) is 19.7. The van der Waals surface area contributed by atoms with Crippen molar-refractivity contribution >= 4 is 17.6 Å². The van der Waals surface area contributed by atoms with Crippen LogP contribution in [0.25, 0.3) is 0 Å². The summed E-state index contributed by atoms with van der Waals surface area (Å²) >= 11 is 0. The van der Waals surface area contributed by atoms with Crippen LogP contribution in [0, 0.1) is 11.8 Å². The maximum atomic E-state index is 12.8. The van der Waals surface area contributed by atoms with Gasteiger partial charge in [0.2, 0.25) is 5.91 Å². The van der Waals surface area contributed by atoms with Crippen molar-refractivity contribution in [3.05, 3.63) is 60.2 Å². The number of benzene rings is 2. The molecule has 3 amide bonds. The maximum absolute atomic E-state index is 12.8. The molecule has 146 valence electrons. The SMILES string of the molecule is COc1ccc(NC(=O)N2C[C@@H]3CN(C(C)=O)[C@@H](c4ccccc4)[C@@H]3C2)cc1. The number of amides is 3. The van der Waals surface area contributed by atoms with Crippen molar-refractivity contribution < 1.29 is 14.3 Å². The minimum absolute atomic E-state index is 0.0301. The molecule has 6 heteroatoms. The average molecular weight is 379 g/mol. The molecule has 0 aromatic heterocycles. The molecular weight excluding hydrogens is 354 g/mol. The molecule has 1 N–H and O–H groups in total. The number of anilines is 1. The summed E-state index contributed by atoms with van der Waals surface area (Å²) < 4.78 is 5.15. The van der Waals surface area contributed by atoms with Crippen molar-refractivity contribution in [3.63, 3.8) is 0 Å². The lowest BCUT2D eigenvalue weighted by Gasteiger charge is -2.29. The highest BCUT2D eigenvalue weighted by molar-refractivity contribution is 5.89. The minimum atomic E-state index is -0.0965. The summed E-state index contributed by atoms with van der Waals surface area (Å²) in [5, 5.41) is 2.96. The number of rotatable bonds is 3. The fourth-order valence-corrected chi connectivity index (χ4v) is 4.49. The van der Waals surface area contributed by atoms with Gasteiger partial charge in [-0.3, -0.25) is 4.79 Å². The molecule has 2 aromatic rings. The molecule has 2 aliphatic rings. The number of carbonyl (C=O) groups is 2. The van der Waals surface area contributed by atoms with E-state index in [-0.39, 0.29) is 23.9 Å². The van der Waals surface area contributed by atoms with Gasteiger partial charge in [-0.05, 0) is 29.8 Å². The van der Waals surface area contributed by atoms with Crippen LogP contribution in [0.3, 0.4) is 0 Å². The summed E-state index contributed by atoms with van der Waals surface area (Å²) in [5.41, 5.74) is 1.88. The van der Waals surface area contributed by atoms with Crippen molar-refractivity contribution in [2.24, 2.45) is 11.8 Å². The van der Waals surface area contributed by atoms with Gasteiger partial charge in [0, 0.05) is 44.1 Å². The van der Waals surface area contributed by atoms with Crippen LogP contribution >= 0.6 is 0 Å². The largest absolute Gasteiger partial charge is 0.497 e. The summed E-state index contributed by atoms with van der Waals surface area (Å²) in [6, 6.07) is 17.4. The van der Waals surface area contributed by atoms with Gasteiger partial charge in [0.15, 0.2) is 0 Å². The van der Waals surface area contributed by atoms with Crippen LogP contribution in [0.5, 0.6) is 5.75 Å². The zero-order valence-corrected chi connectivity index (χ0v) is 16.2. The van der Waals surface area contributed by atoms with Gasteiger partial charge >= 0.3 is 6.03 Å². The van der Waals surface area contributed by atoms with E-state index in [9.17, 15) is 9.59 Å². The monoisotopic (exact) mass is 379 g/mol. The highest BCUT2D eigenvalue weighted by atomic mass is 16.5. The fraction of sp³-hybridized carbons (Fsp3) is 0.364.